The summed E-state index contributed by atoms with van der Waals surface area (Å²) in [7, 11) is 0. The number of hydrogen-bond acceptors (Lipinski definition) is 4. The molecule has 5 rings (SSSR count). The predicted molar refractivity (Wildman–Crippen MR) is 119 cm³/mol. The van der Waals surface area contributed by atoms with Crippen molar-refractivity contribution in [2.75, 3.05) is 13.1 Å². The molecule has 166 valence electrons. The lowest BCUT2D eigenvalue weighted by Crippen LogP contribution is -2.42. The lowest BCUT2D eigenvalue weighted by molar-refractivity contribution is -0.0778. The Labute approximate surface area is 185 Å². The number of hydrogen-bond donors (Lipinski definition) is 0. The van der Waals surface area contributed by atoms with E-state index in [9.17, 15) is 4.39 Å². The summed E-state index contributed by atoms with van der Waals surface area (Å²) >= 11 is 0. The Morgan fingerprint density at radius 3 is 2.52 bits per heavy atom. The summed E-state index contributed by atoms with van der Waals surface area (Å²) in [4.78, 5) is 11.6. The average molecular weight is 424 g/mol. The molecule has 0 radical (unpaired) electrons. The van der Waals surface area contributed by atoms with Crippen LogP contribution >= 0.6 is 0 Å². The van der Waals surface area contributed by atoms with E-state index in [1.54, 1.807) is 0 Å². The first kappa shape index (κ1) is 21.0. The van der Waals surface area contributed by atoms with Crippen LogP contribution in [0.5, 0.6) is 0 Å². The van der Waals surface area contributed by atoms with Crippen LogP contribution in [0.1, 0.15) is 69.3 Å². The maximum absolute atomic E-state index is 13.3. The van der Waals surface area contributed by atoms with Crippen molar-refractivity contribution in [1.82, 2.24) is 14.9 Å². The highest BCUT2D eigenvalue weighted by Gasteiger charge is 2.57. The predicted octanol–water partition coefficient (Wildman–Crippen LogP) is 5.20. The first-order valence-corrected chi connectivity index (χ1v) is 11.8. The van der Waals surface area contributed by atoms with Crippen molar-refractivity contribution in [3.05, 3.63) is 59.4 Å². The van der Waals surface area contributed by atoms with Crippen LogP contribution in [0, 0.1) is 18.2 Å². The van der Waals surface area contributed by atoms with Gasteiger partial charge in [-0.1, -0.05) is 6.07 Å². The molecule has 0 amide bonds. The molecule has 0 bridgehead atoms. The minimum Gasteiger partial charge on any atom is -0.372 e. The average Bonchev–Trinajstić information content (AvgIpc) is 3.30. The summed E-state index contributed by atoms with van der Waals surface area (Å²) in [6.07, 6.45) is 11.4. The smallest absolute Gasteiger partial charge is 0.141 e. The zero-order valence-corrected chi connectivity index (χ0v) is 19.0. The number of likely N-dealkylation sites (tertiary alicyclic amines) is 1. The number of ether oxygens (including phenoxy) is 1. The topological polar surface area (TPSA) is 38.2 Å². The second-order valence-corrected chi connectivity index (χ2v) is 10.6. The van der Waals surface area contributed by atoms with Crippen LogP contribution in [0.25, 0.3) is 0 Å². The van der Waals surface area contributed by atoms with Gasteiger partial charge in [-0.25, -0.2) is 4.39 Å². The molecule has 0 aromatic carbocycles. The molecule has 3 aliphatic rings. The second kappa shape index (κ2) is 7.63. The summed E-state index contributed by atoms with van der Waals surface area (Å²) in [5, 5.41) is 0. The Kier molecular flexibility index (Phi) is 5.17. The molecule has 4 heterocycles. The number of nitrogens with zero attached hydrogens (tertiary/aromatic N) is 3. The van der Waals surface area contributed by atoms with E-state index in [1.165, 1.54) is 30.7 Å². The lowest BCUT2D eigenvalue weighted by Gasteiger charge is -2.38. The van der Waals surface area contributed by atoms with E-state index in [1.807, 2.05) is 13.0 Å². The standard InChI is InChI=1S/C26H34FN3O/c1-19-4-5-20(16-28-19)26(12-13-26)30-15-14-25(18-30,23-9-10-24(2,3)31-23)11-8-22-7-6-21(27)17-29-22/h4-7,16-17,23H,8-15,18H2,1-3H3/t23?,25-/m1/s1. The van der Waals surface area contributed by atoms with E-state index in [0.29, 0.717) is 0 Å². The van der Waals surface area contributed by atoms with Crippen molar-refractivity contribution >= 4 is 0 Å². The molecule has 31 heavy (non-hydrogen) atoms. The van der Waals surface area contributed by atoms with E-state index in [2.05, 4.69) is 47.0 Å². The fourth-order valence-electron chi connectivity index (χ4n) is 5.88. The van der Waals surface area contributed by atoms with Crippen LogP contribution in [0.2, 0.25) is 0 Å². The maximum Gasteiger partial charge on any atom is 0.141 e. The molecule has 2 saturated heterocycles. The third-order valence-corrected chi connectivity index (χ3v) is 7.98. The number of pyridine rings is 2. The largest absolute Gasteiger partial charge is 0.372 e. The van der Waals surface area contributed by atoms with Crippen LogP contribution in [-0.2, 0) is 16.7 Å². The Hall–Kier alpha value is -1.85. The van der Waals surface area contributed by atoms with Gasteiger partial charge in [-0.3, -0.25) is 14.9 Å². The molecular weight excluding hydrogens is 389 g/mol. The van der Waals surface area contributed by atoms with E-state index in [0.717, 1.165) is 56.6 Å². The number of halogens is 1. The Morgan fingerprint density at radius 1 is 1.06 bits per heavy atom. The van der Waals surface area contributed by atoms with Gasteiger partial charge in [-0.2, -0.15) is 0 Å². The molecule has 5 heteroatoms. The van der Waals surface area contributed by atoms with Gasteiger partial charge < -0.3 is 4.74 Å². The van der Waals surface area contributed by atoms with Crippen LogP contribution in [-0.4, -0.2) is 39.7 Å². The second-order valence-electron chi connectivity index (χ2n) is 10.6. The zero-order chi connectivity index (χ0) is 21.7. The SMILES string of the molecule is Cc1ccc(C2(N3CC[C@@](CCc4ccc(F)cn4)(C4CCC(C)(C)O4)C3)CC2)cn1. The lowest BCUT2D eigenvalue weighted by atomic mass is 9.75. The molecule has 2 atom stereocenters. The zero-order valence-electron chi connectivity index (χ0n) is 19.0. The van der Waals surface area contributed by atoms with E-state index < -0.39 is 0 Å². The van der Waals surface area contributed by atoms with Crippen LogP contribution in [0.3, 0.4) is 0 Å². The quantitative estimate of drug-likeness (QED) is 0.640. The first-order valence-electron chi connectivity index (χ1n) is 11.8. The van der Waals surface area contributed by atoms with Gasteiger partial charge in [0.2, 0.25) is 0 Å². The highest BCUT2D eigenvalue weighted by molar-refractivity contribution is 5.30. The summed E-state index contributed by atoms with van der Waals surface area (Å²) in [6, 6.07) is 7.76. The minimum absolute atomic E-state index is 0.0443. The van der Waals surface area contributed by atoms with Crippen molar-refractivity contribution in [3.63, 3.8) is 0 Å². The maximum atomic E-state index is 13.3. The molecular formula is C26H34FN3O. The highest BCUT2D eigenvalue weighted by atomic mass is 19.1. The van der Waals surface area contributed by atoms with E-state index >= 15 is 0 Å². The normalized spacial score (nSPS) is 29.4. The third kappa shape index (κ3) is 4.03. The Bertz CT molecular complexity index is 923. The molecule has 2 aliphatic heterocycles. The van der Waals surface area contributed by atoms with Crippen LogP contribution < -0.4 is 0 Å². The fourth-order valence-corrected chi connectivity index (χ4v) is 5.88. The number of aromatic nitrogens is 2. The van der Waals surface area contributed by atoms with Gasteiger partial charge in [0, 0.05) is 35.1 Å². The van der Waals surface area contributed by atoms with Gasteiger partial charge in [0.05, 0.1) is 17.9 Å². The molecule has 3 fully saturated rings. The first-order chi connectivity index (χ1) is 14.8. The van der Waals surface area contributed by atoms with Gasteiger partial charge in [0.1, 0.15) is 5.82 Å². The summed E-state index contributed by atoms with van der Waals surface area (Å²) < 4.78 is 19.9. The minimum atomic E-state index is -0.270. The van der Waals surface area contributed by atoms with Gasteiger partial charge >= 0.3 is 0 Å². The van der Waals surface area contributed by atoms with Crippen LogP contribution in [0.4, 0.5) is 4.39 Å². The van der Waals surface area contributed by atoms with Gasteiger partial charge in [-0.05, 0) is 96.0 Å². The summed E-state index contributed by atoms with van der Waals surface area (Å²) in [5.41, 5.74) is 3.64. The molecule has 1 aliphatic carbocycles. The van der Waals surface area contributed by atoms with Gasteiger partial charge in [0.25, 0.3) is 0 Å². The number of aryl methyl sites for hydroxylation is 2. The van der Waals surface area contributed by atoms with Crippen molar-refractivity contribution in [2.45, 2.75) is 83.0 Å². The van der Waals surface area contributed by atoms with E-state index in [4.69, 9.17) is 4.74 Å². The van der Waals surface area contributed by atoms with Crippen LogP contribution in [0.15, 0.2) is 36.7 Å². The third-order valence-electron chi connectivity index (χ3n) is 7.98. The van der Waals surface area contributed by atoms with E-state index in [-0.39, 0.29) is 28.5 Å². The fraction of sp³-hybridized carbons (Fsp3) is 0.615. The molecule has 4 nitrogen and oxygen atoms in total. The van der Waals surface area contributed by atoms with Crippen molar-refractivity contribution in [3.8, 4) is 0 Å². The Balaban J connectivity index is 1.38. The molecule has 2 aromatic heterocycles. The molecule has 0 N–H and O–H groups in total. The summed E-state index contributed by atoms with van der Waals surface area (Å²) in [6.45, 7) is 8.64. The molecule has 2 aromatic rings. The van der Waals surface area contributed by atoms with Gasteiger partial charge in [-0.15, -0.1) is 0 Å². The van der Waals surface area contributed by atoms with Crippen molar-refractivity contribution in [1.29, 1.82) is 0 Å². The summed E-state index contributed by atoms with van der Waals surface area (Å²) in [5.74, 6) is -0.270. The Morgan fingerprint density at radius 2 is 1.90 bits per heavy atom. The van der Waals surface area contributed by atoms with Crippen molar-refractivity contribution in [2.24, 2.45) is 5.41 Å². The molecule has 0 spiro atoms. The monoisotopic (exact) mass is 423 g/mol. The van der Waals surface area contributed by atoms with Gasteiger partial charge in [0.15, 0.2) is 0 Å². The number of rotatable bonds is 6. The van der Waals surface area contributed by atoms with Crippen molar-refractivity contribution < 1.29 is 9.13 Å². The molecule has 1 saturated carbocycles. The highest BCUT2D eigenvalue weighted by Crippen LogP contribution is 2.56. The molecule has 1 unspecified atom stereocenters.